The topological polar surface area (TPSA) is 146 Å². The zero-order valence-electron chi connectivity index (χ0n) is 28.6. The second kappa shape index (κ2) is 15.4. The fourth-order valence-electron chi connectivity index (χ4n) is 6.10. The van der Waals surface area contributed by atoms with Gasteiger partial charge < -0.3 is 16.4 Å². The third-order valence-corrected chi connectivity index (χ3v) is 8.40. The first-order valence-corrected chi connectivity index (χ1v) is 16.9. The van der Waals surface area contributed by atoms with Crippen LogP contribution in [0.4, 0.5) is 17.3 Å². The molecule has 4 aromatic heterocycles. The van der Waals surface area contributed by atoms with Crippen LogP contribution in [0.5, 0.6) is 0 Å². The molecule has 0 atom stereocenters. The number of allylic oxidation sites excluding steroid dienone is 1. The lowest BCUT2D eigenvalue weighted by Gasteiger charge is -2.32. The van der Waals surface area contributed by atoms with Crippen LogP contribution in [0.1, 0.15) is 45.0 Å². The Hall–Kier alpha value is -6.12. The number of benzene rings is 2. The second-order valence-electron chi connectivity index (χ2n) is 12.0. The number of imidazole rings is 1. The molecule has 11 nitrogen and oxygen atoms in total. The van der Waals surface area contributed by atoms with Gasteiger partial charge in [0.15, 0.2) is 11.5 Å². The predicted molar refractivity (Wildman–Crippen MR) is 200 cm³/mol. The van der Waals surface area contributed by atoms with E-state index in [9.17, 15) is 0 Å². The Balaban J connectivity index is 0.00000212. The fraction of sp³-hybridized carbons (Fsp3) is 0.231. The molecule has 0 spiro atoms. The maximum atomic E-state index is 9.09. The van der Waals surface area contributed by atoms with Crippen molar-refractivity contribution in [1.82, 2.24) is 34.4 Å². The number of rotatable bonds is 9. The number of hydrogen-bond acceptors (Lipinski definition) is 10. The molecular formula is C39H41N11. The molecule has 0 amide bonds. The standard InChI is InChI=1S/C37H35N11.C2H6/c1-24(2)42-28-6-3-5-26(21-28)31-12-13-32-37(44-31)48(36(45-32)30-7-4-17-41-35(30)39)29-10-8-25(9-11-29)23-47-19-15-27(16-20-47)43-33-14-18-40-34(22-38)46-33;1-2/h3-14,17-18,21,27,42H,1,15-16,19-20,23H2,2H3,(H2,39,41)(H,40,43,46);1-2H3. The number of piperidine rings is 1. The van der Waals surface area contributed by atoms with Crippen LogP contribution in [-0.2, 0) is 6.54 Å². The average molecular weight is 664 g/mol. The van der Waals surface area contributed by atoms with Crippen molar-refractivity contribution in [3.05, 3.63) is 115 Å². The second-order valence-corrected chi connectivity index (χ2v) is 12.0. The summed E-state index contributed by atoms with van der Waals surface area (Å²) in [6.07, 6.45) is 5.27. The van der Waals surface area contributed by atoms with Crippen LogP contribution in [0.2, 0.25) is 0 Å². The van der Waals surface area contributed by atoms with Gasteiger partial charge in [-0.2, -0.15) is 5.26 Å². The van der Waals surface area contributed by atoms with Gasteiger partial charge in [-0.1, -0.05) is 44.7 Å². The lowest BCUT2D eigenvalue weighted by atomic mass is 10.0. The zero-order chi connectivity index (χ0) is 35.0. The molecule has 7 rings (SSSR count). The van der Waals surface area contributed by atoms with Gasteiger partial charge in [0.25, 0.3) is 0 Å². The lowest BCUT2D eigenvalue weighted by Crippen LogP contribution is -2.38. The minimum Gasteiger partial charge on any atom is -0.383 e. The maximum absolute atomic E-state index is 9.09. The number of aromatic nitrogens is 6. The van der Waals surface area contributed by atoms with Crippen molar-refractivity contribution in [3.8, 4) is 34.4 Å². The van der Waals surface area contributed by atoms with E-state index >= 15 is 0 Å². The Morgan fingerprint density at radius 1 is 0.940 bits per heavy atom. The highest BCUT2D eigenvalue weighted by Gasteiger charge is 2.21. The van der Waals surface area contributed by atoms with Crippen LogP contribution in [0.15, 0.2) is 104 Å². The largest absolute Gasteiger partial charge is 0.383 e. The maximum Gasteiger partial charge on any atom is 0.234 e. The Morgan fingerprint density at radius 3 is 2.48 bits per heavy atom. The highest BCUT2D eigenvalue weighted by Crippen LogP contribution is 2.32. The van der Waals surface area contributed by atoms with Gasteiger partial charge in [-0.25, -0.2) is 24.9 Å². The summed E-state index contributed by atoms with van der Waals surface area (Å²) >= 11 is 0. The molecule has 1 aliphatic heterocycles. The third kappa shape index (κ3) is 7.61. The van der Waals surface area contributed by atoms with Crippen molar-refractivity contribution >= 4 is 28.5 Å². The van der Waals surface area contributed by atoms with E-state index in [1.54, 1.807) is 12.4 Å². The highest BCUT2D eigenvalue weighted by molar-refractivity contribution is 5.84. The number of hydrogen-bond donors (Lipinski definition) is 3. The molecule has 1 fully saturated rings. The van der Waals surface area contributed by atoms with E-state index in [1.807, 2.05) is 75.4 Å². The predicted octanol–water partition coefficient (Wildman–Crippen LogP) is 7.44. The van der Waals surface area contributed by atoms with Crippen LogP contribution >= 0.6 is 0 Å². The molecule has 6 aromatic rings. The van der Waals surface area contributed by atoms with Crippen molar-refractivity contribution < 1.29 is 0 Å². The van der Waals surface area contributed by atoms with Gasteiger partial charge in [-0.3, -0.25) is 9.47 Å². The minimum atomic E-state index is 0.179. The highest BCUT2D eigenvalue weighted by atomic mass is 15.2. The summed E-state index contributed by atoms with van der Waals surface area (Å²) in [5.41, 5.74) is 14.4. The van der Waals surface area contributed by atoms with Crippen molar-refractivity contribution in [2.75, 3.05) is 29.5 Å². The molecule has 0 radical (unpaired) electrons. The number of nitrogens with two attached hydrogens (primary N) is 1. The smallest absolute Gasteiger partial charge is 0.234 e. The van der Waals surface area contributed by atoms with Crippen molar-refractivity contribution in [3.63, 3.8) is 0 Å². The molecule has 0 unspecified atom stereocenters. The molecule has 50 heavy (non-hydrogen) atoms. The first-order chi connectivity index (χ1) is 24.4. The number of nitrogens with zero attached hydrogens (tertiary/aromatic N) is 8. The quantitative estimate of drug-likeness (QED) is 0.143. The van der Waals surface area contributed by atoms with Crippen molar-refractivity contribution in [2.45, 2.75) is 46.2 Å². The molecule has 2 aromatic carbocycles. The molecule has 11 heteroatoms. The van der Waals surface area contributed by atoms with Gasteiger partial charge in [0.1, 0.15) is 23.2 Å². The number of likely N-dealkylation sites (tertiary alicyclic amines) is 1. The van der Waals surface area contributed by atoms with Crippen molar-refractivity contribution in [1.29, 1.82) is 5.26 Å². The van der Waals surface area contributed by atoms with E-state index in [4.69, 9.17) is 21.0 Å². The van der Waals surface area contributed by atoms with Gasteiger partial charge in [-0.05, 0) is 79.9 Å². The summed E-state index contributed by atoms with van der Waals surface area (Å²) in [6.45, 7) is 12.7. The molecule has 0 bridgehead atoms. The number of anilines is 3. The summed E-state index contributed by atoms with van der Waals surface area (Å²) in [5.74, 6) is 1.97. The van der Waals surface area contributed by atoms with E-state index in [0.717, 1.165) is 77.5 Å². The molecule has 1 saturated heterocycles. The van der Waals surface area contributed by atoms with Gasteiger partial charge >= 0.3 is 0 Å². The number of nitrogens with one attached hydrogen (secondary N) is 2. The molecular weight excluding hydrogens is 623 g/mol. The van der Waals surface area contributed by atoms with Crippen molar-refractivity contribution in [2.24, 2.45) is 0 Å². The lowest BCUT2D eigenvalue weighted by molar-refractivity contribution is 0.211. The van der Waals surface area contributed by atoms with E-state index < -0.39 is 0 Å². The van der Waals surface area contributed by atoms with E-state index in [0.29, 0.717) is 23.5 Å². The van der Waals surface area contributed by atoms with Gasteiger partial charge in [0.05, 0.1) is 11.3 Å². The fourth-order valence-corrected chi connectivity index (χ4v) is 6.10. The van der Waals surface area contributed by atoms with Gasteiger partial charge in [-0.15, -0.1) is 0 Å². The summed E-state index contributed by atoms with van der Waals surface area (Å²) in [6, 6.07) is 28.6. The van der Waals surface area contributed by atoms with Gasteiger partial charge in [0, 0.05) is 60.7 Å². The van der Waals surface area contributed by atoms with Crippen LogP contribution in [-0.4, -0.2) is 53.5 Å². The first kappa shape index (κ1) is 33.8. The zero-order valence-corrected chi connectivity index (χ0v) is 28.6. The number of nitrogen functional groups attached to an aromatic ring is 1. The average Bonchev–Trinajstić information content (AvgIpc) is 3.52. The summed E-state index contributed by atoms with van der Waals surface area (Å²) in [5, 5.41) is 15.8. The minimum absolute atomic E-state index is 0.179. The van der Waals surface area contributed by atoms with Gasteiger partial charge in [0.2, 0.25) is 5.82 Å². The number of pyridine rings is 2. The SMILES string of the molecule is C=C(C)Nc1cccc(-c2ccc3nc(-c4cccnc4N)n(-c4ccc(CN5CCC(Nc6ccnc(C#N)n6)CC5)cc4)c3n2)c1.CC. The first-order valence-electron chi connectivity index (χ1n) is 16.9. The van der Waals surface area contributed by atoms with E-state index in [-0.39, 0.29) is 5.82 Å². The Labute approximate surface area is 292 Å². The number of fused-ring (bicyclic) bond motifs is 1. The summed E-state index contributed by atoms with van der Waals surface area (Å²) in [7, 11) is 0. The molecule has 4 N–H and O–H groups in total. The Kier molecular flexibility index (Phi) is 10.4. The summed E-state index contributed by atoms with van der Waals surface area (Å²) in [4.78, 5) is 25.1. The van der Waals surface area contributed by atoms with Crippen LogP contribution in [0.3, 0.4) is 0 Å². The summed E-state index contributed by atoms with van der Waals surface area (Å²) < 4.78 is 2.06. The molecule has 0 aliphatic carbocycles. The molecule has 252 valence electrons. The van der Waals surface area contributed by atoms with Crippen LogP contribution in [0, 0.1) is 11.3 Å². The normalized spacial score (nSPS) is 13.2. The number of nitriles is 1. The third-order valence-electron chi connectivity index (χ3n) is 8.40. The van der Waals surface area contributed by atoms with Crippen LogP contribution in [0.25, 0.3) is 39.5 Å². The Morgan fingerprint density at radius 2 is 1.74 bits per heavy atom. The van der Waals surface area contributed by atoms with E-state index in [2.05, 4.69) is 72.0 Å². The van der Waals surface area contributed by atoms with E-state index in [1.165, 1.54) is 5.56 Å². The molecule has 5 heterocycles. The molecule has 0 saturated carbocycles. The molecule has 1 aliphatic rings. The Bertz CT molecular complexity index is 2140. The monoisotopic (exact) mass is 663 g/mol. The van der Waals surface area contributed by atoms with Crippen LogP contribution < -0.4 is 16.4 Å².